The fraction of sp³-hybridized carbons (Fsp3) is 0.941. The number of ether oxygens (including phenoxy) is 1. The molecule has 2 nitrogen and oxygen atoms in total. The Morgan fingerprint density at radius 3 is 1.84 bits per heavy atom. The van der Waals surface area contributed by atoms with E-state index in [1.165, 1.54) is 45.6 Å². The fourth-order valence-electron chi connectivity index (χ4n) is 2.69. The zero-order valence-corrected chi connectivity index (χ0v) is 13.7. The number of hydrogen-bond donors (Lipinski definition) is 0. The lowest BCUT2D eigenvalue weighted by molar-refractivity contribution is -0.145. The number of hydrogen-bond acceptors (Lipinski definition) is 2. The molecular formula is C17H34O2. The highest BCUT2D eigenvalue weighted by atomic mass is 16.5. The van der Waals surface area contributed by atoms with Gasteiger partial charge in [-0.15, -0.1) is 0 Å². The molecule has 0 N–H and O–H groups in total. The van der Waals surface area contributed by atoms with Gasteiger partial charge in [-0.1, -0.05) is 72.6 Å². The van der Waals surface area contributed by atoms with Gasteiger partial charge in [-0.25, -0.2) is 0 Å². The van der Waals surface area contributed by atoms with Crippen LogP contribution in [0.5, 0.6) is 0 Å². The molecule has 3 atom stereocenters. The Morgan fingerprint density at radius 1 is 0.895 bits per heavy atom. The van der Waals surface area contributed by atoms with Crippen LogP contribution in [0.2, 0.25) is 0 Å². The van der Waals surface area contributed by atoms with Gasteiger partial charge in [0.2, 0.25) is 0 Å². The van der Waals surface area contributed by atoms with Gasteiger partial charge in [0.05, 0.1) is 13.0 Å². The summed E-state index contributed by atoms with van der Waals surface area (Å²) in [6.45, 7) is 8.93. The molecule has 0 heterocycles. The summed E-state index contributed by atoms with van der Waals surface area (Å²) in [5.41, 5.74) is 0. The van der Waals surface area contributed by atoms with Gasteiger partial charge in [-0.05, 0) is 18.3 Å². The summed E-state index contributed by atoms with van der Waals surface area (Å²) in [5.74, 6) is 1.66. The summed E-state index contributed by atoms with van der Waals surface area (Å²) in [4.78, 5) is 11.3. The van der Waals surface area contributed by atoms with Crippen LogP contribution < -0.4 is 0 Å². The Morgan fingerprint density at radius 2 is 1.37 bits per heavy atom. The van der Waals surface area contributed by atoms with Crippen LogP contribution in [-0.4, -0.2) is 13.1 Å². The van der Waals surface area contributed by atoms with E-state index in [9.17, 15) is 4.79 Å². The van der Waals surface area contributed by atoms with Gasteiger partial charge < -0.3 is 4.74 Å². The van der Waals surface area contributed by atoms with E-state index in [1.807, 2.05) is 6.92 Å². The van der Waals surface area contributed by atoms with Crippen molar-refractivity contribution in [1.82, 2.24) is 0 Å². The molecule has 0 aliphatic heterocycles. The van der Waals surface area contributed by atoms with Crippen LogP contribution in [0.25, 0.3) is 0 Å². The zero-order chi connectivity index (χ0) is 14.7. The summed E-state index contributed by atoms with van der Waals surface area (Å²) in [7, 11) is 1.47. The van der Waals surface area contributed by atoms with Gasteiger partial charge in [0.1, 0.15) is 0 Å². The normalized spacial score (nSPS) is 15.8. The molecule has 0 saturated carbocycles. The van der Waals surface area contributed by atoms with Crippen molar-refractivity contribution < 1.29 is 9.53 Å². The minimum Gasteiger partial charge on any atom is -0.469 e. The van der Waals surface area contributed by atoms with Crippen LogP contribution in [0.4, 0.5) is 0 Å². The van der Waals surface area contributed by atoms with Crippen LogP contribution in [0, 0.1) is 17.8 Å². The molecular weight excluding hydrogens is 236 g/mol. The molecule has 0 rings (SSSR count). The van der Waals surface area contributed by atoms with Crippen molar-refractivity contribution >= 4 is 5.97 Å². The van der Waals surface area contributed by atoms with Gasteiger partial charge in [-0.3, -0.25) is 4.79 Å². The molecule has 0 fully saturated rings. The average Bonchev–Trinajstić information content (AvgIpc) is 2.37. The van der Waals surface area contributed by atoms with Crippen molar-refractivity contribution in [3.63, 3.8) is 0 Å². The second-order valence-corrected chi connectivity index (χ2v) is 6.29. The highest BCUT2D eigenvalue weighted by Crippen LogP contribution is 2.21. The Bertz CT molecular complexity index is 225. The minimum absolute atomic E-state index is 0.0572. The number of carbonyl (C=O) groups excluding carboxylic acids is 1. The maximum Gasteiger partial charge on any atom is 0.308 e. The number of methoxy groups -OCH3 is 1. The molecule has 2 heteroatoms. The highest BCUT2D eigenvalue weighted by molar-refractivity contribution is 5.71. The van der Waals surface area contributed by atoms with E-state index in [1.54, 1.807) is 0 Å². The van der Waals surface area contributed by atoms with Crippen LogP contribution in [0.3, 0.4) is 0 Å². The van der Waals surface area contributed by atoms with E-state index in [4.69, 9.17) is 4.74 Å². The van der Waals surface area contributed by atoms with Gasteiger partial charge in [0, 0.05) is 0 Å². The molecule has 0 amide bonds. The number of esters is 1. The van der Waals surface area contributed by atoms with Crippen LogP contribution in [0.15, 0.2) is 0 Å². The highest BCUT2D eigenvalue weighted by Gasteiger charge is 2.13. The van der Waals surface area contributed by atoms with E-state index < -0.39 is 0 Å². The molecule has 0 aromatic heterocycles. The minimum atomic E-state index is -0.0685. The molecule has 0 bridgehead atoms. The summed E-state index contributed by atoms with van der Waals surface area (Å²) >= 11 is 0. The first-order chi connectivity index (χ1) is 9.01. The first-order valence-electron chi connectivity index (χ1n) is 8.09. The fourth-order valence-corrected chi connectivity index (χ4v) is 2.69. The second-order valence-electron chi connectivity index (χ2n) is 6.29. The van der Waals surface area contributed by atoms with Crippen molar-refractivity contribution in [3.05, 3.63) is 0 Å². The molecule has 0 aromatic carbocycles. The lowest BCUT2D eigenvalue weighted by Crippen LogP contribution is -2.12. The van der Waals surface area contributed by atoms with Crippen LogP contribution in [-0.2, 0) is 9.53 Å². The Hall–Kier alpha value is -0.530. The summed E-state index contributed by atoms with van der Waals surface area (Å²) < 4.78 is 4.74. The van der Waals surface area contributed by atoms with Crippen molar-refractivity contribution in [2.24, 2.45) is 17.8 Å². The maximum absolute atomic E-state index is 11.3. The first kappa shape index (κ1) is 18.5. The third-order valence-electron chi connectivity index (χ3n) is 4.11. The van der Waals surface area contributed by atoms with E-state index in [2.05, 4.69) is 20.8 Å². The molecule has 0 aliphatic carbocycles. The quantitative estimate of drug-likeness (QED) is 0.482. The molecule has 19 heavy (non-hydrogen) atoms. The van der Waals surface area contributed by atoms with Crippen molar-refractivity contribution in [2.75, 3.05) is 7.11 Å². The predicted molar refractivity (Wildman–Crippen MR) is 82.1 cm³/mol. The summed E-state index contributed by atoms with van der Waals surface area (Å²) in [6, 6.07) is 0. The molecule has 0 radical (unpaired) electrons. The largest absolute Gasteiger partial charge is 0.469 e. The molecule has 0 aromatic rings. The predicted octanol–water partition coefficient (Wildman–Crippen LogP) is 5.21. The van der Waals surface area contributed by atoms with Crippen molar-refractivity contribution in [3.8, 4) is 0 Å². The van der Waals surface area contributed by atoms with E-state index in [0.717, 1.165) is 24.7 Å². The Balaban J connectivity index is 3.54. The molecule has 0 aliphatic rings. The zero-order valence-electron chi connectivity index (χ0n) is 13.7. The molecule has 114 valence electrons. The van der Waals surface area contributed by atoms with Crippen molar-refractivity contribution in [2.45, 2.75) is 79.1 Å². The lowest BCUT2D eigenvalue weighted by Gasteiger charge is -2.15. The topological polar surface area (TPSA) is 26.3 Å². The summed E-state index contributed by atoms with van der Waals surface area (Å²) in [6.07, 6.45) is 10.1. The van der Waals surface area contributed by atoms with Crippen LogP contribution in [0.1, 0.15) is 79.1 Å². The number of rotatable bonds is 11. The molecule has 0 unspecified atom stereocenters. The van der Waals surface area contributed by atoms with Crippen LogP contribution >= 0.6 is 0 Å². The smallest absolute Gasteiger partial charge is 0.308 e. The number of carbonyl (C=O) groups is 1. The first-order valence-corrected chi connectivity index (χ1v) is 8.09. The van der Waals surface area contributed by atoms with E-state index >= 15 is 0 Å². The van der Waals surface area contributed by atoms with Gasteiger partial charge in [-0.2, -0.15) is 0 Å². The standard InChI is InChI=1S/C17H34O2/c1-6-9-14(2)10-7-11-15(3)12-8-13-16(4)17(18)19-5/h14-16H,6-13H2,1-5H3/t14-,15+,16-/m0/s1. The third kappa shape index (κ3) is 9.98. The Labute approximate surface area is 120 Å². The van der Waals surface area contributed by atoms with E-state index in [0.29, 0.717) is 0 Å². The van der Waals surface area contributed by atoms with Gasteiger partial charge >= 0.3 is 5.97 Å². The van der Waals surface area contributed by atoms with Gasteiger partial charge in [0.15, 0.2) is 0 Å². The average molecular weight is 270 g/mol. The maximum atomic E-state index is 11.3. The second kappa shape index (κ2) is 11.3. The van der Waals surface area contributed by atoms with E-state index in [-0.39, 0.29) is 11.9 Å². The van der Waals surface area contributed by atoms with Gasteiger partial charge in [0.25, 0.3) is 0 Å². The Kier molecular flexibility index (Phi) is 11.0. The lowest BCUT2D eigenvalue weighted by atomic mass is 9.92. The monoisotopic (exact) mass is 270 g/mol. The molecule has 0 spiro atoms. The molecule has 0 saturated heterocycles. The SMILES string of the molecule is CCC[C@H](C)CCC[C@@H](C)CCC[C@H](C)C(=O)OC. The summed E-state index contributed by atoms with van der Waals surface area (Å²) in [5, 5.41) is 0. The third-order valence-corrected chi connectivity index (χ3v) is 4.11. The van der Waals surface area contributed by atoms with Crippen molar-refractivity contribution in [1.29, 1.82) is 0 Å².